The Bertz CT molecular complexity index is 416. The van der Waals surface area contributed by atoms with Gasteiger partial charge in [-0.15, -0.1) is 0 Å². The second kappa shape index (κ2) is 8.27. The van der Waals surface area contributed by atoms with Gasteiger partial charge >= 0.3 is 0 Å². The number of benzene rings is 1. The van der Waals surface area contributed by atoms with Gasteiger partial charge in [-0.25, -0.2) is 0 Å². The zero-order valence-corrected chi connectivity index (χ0v) is 13.2. The molecule has 1 aliphatic heterocycles. The van der Waals surface area contributed by atoms with Crippen molar-refractivity contribution in [3.8, 4) is 5.75 Å². The van der Waals surface area contributed by atoms with E-state index in [1.807, 2.05) is 29.2 Å². The highest BCUT2D eigenvalue weighted by atomic mass is 79.9. The van der Waals surface area contributed by atoms with Gasteiger partial charge in [0, 0.05) is 24.1 Å². The Morgan fingerprint density at radius 2 is 1.90 bits per heavy atom. The van der Waals surface area contributed by atoms with E-state index in [1.165, 1.54) is 6.42 Å². The summed E-state index contributed by atoms with van der Waals surface area (Å²) >= 11 is 3.38. The summed E-state index contributed by atoms with van der Waals surface area (Å²) in [5.41, 5.74) is 0. The molecule has 20 heavy (non-hydrogen) atoms. The number of piperidine rings is 1. The van der Waals surface area contributed by atoms with Crippen molar-refractivity contribution in [2.45, 2.75) is 19.3 Å². The van der Waals surface area contributed by atoms with Crippen molar-refractivity contribution in [3.05, 3.63) is 28.7 Å². The van der Waals surface area contributed by atoms with E-state index in [2.05, 4.69) is 21.2 Å². The van der Waals surface area contributed by atoms with Crippen LogP contribution >= 0.6 is 15.9 Å². The summed E-state index contributed by atoms with van der Waals surface area (Å²) in [4.78, 5) is 13.8. The van der Waals surface area contributed by atoms with Gasteiger partial charge in [0.2, 0.25) is 5.91 Å². The zero-order chi connectivity index (χ0) is 14.2. The molecule has 0 unspecified atom stereocenters. The Balaban J connectivity index is 1.57. The first kappa shape index (κ1) is 15.3. The molecule has 1 aliphatic rings. The molecule has 1 aromatic carbocycles. The van der Waals surface area contributed by atoms with Crippen LogP contribution in [-0.4, -0.2) is 43.6 Å². The summed E-state index contributed by atoms with van der Waals surface area (Å²) in [5.74, 6) is 1.05. The maximum Gasteiger partial charge on any atom is 0.236 e. The lowest BCUT2D eigenvalue weighted by Gasteiger charge is -2.26. The number of likely N-dealkylation sites (tertiary alicyclic amines) is 1. The number of carbonyl (C=O) groups is 1. The van der Waals surface area contributed by atoms with Crippen LogP contribution in [0.1, 0.15) is 19.3 Å². The number of carbonyl (C=O) groups excluding carboxylic acids is 1. The predicted octanol–water partition coefficient (Wildman–Crippen LogP) is 2.43. The second-order valence-corrected chi connectivity index (χ2v) is 5.84. The van der Waals surface area contributed by atoms with Crippen molar-refractivity contribution in [2.24, 2.45) is 0 Å². The minimum Gasteiger partial charge on any atom is -0.492 e. The molecule has 1 amide bonds. The van der Waals surface area contributed by atoms with Crippen molar-refractivity contribution in [1.29, 1.82) is 0 Å². The van der Waals surface area contributed by atoms with Crippen LogP contribution in [-0.2, 0) is 4.79 Å². The average molecular weight is 341 g/mol. The smallest absolute Gasteiger partial charge is 0.236 e. The van der Waals surface area contributed by atoms with Crippen LogP contribution in [0, 0.1) is 0 Å². The largest absolute Gasteiger partial charge is 0.492 e. The third-order valence-electron chi connectivity index (χ3n) is 3.35. The third kappa shape index (κ3) is 5.13. The number of hydrogen-bond donors (Lipinski definition) is 1. The van der Waals surface area contributed by atoms with Gasteiger partial charge in [0.05, 0.1) is 6.54 Å². The molecule has 0 atom stereocenters. The molecule has 0 radical (unpaired) electrons. The summed E-state index contributed by atoms with van der Waals surface area (Å²) in [5, 5.41) is 3.14. The van der Waals surface area contributed by atoms with Crippen LogP contribution in [0.15, 0.2) is 28.7 Å². The number of ether oxygens (including phenoxy) is 1. The molecule has 0 aromatic heterocycles. The number of nitrogens with zero attached hydrogens (tertiary/aromatic N) is 1. The highest BCUT2D eigenvalue weighted by Gasteiger charge is 2.15. The molecule has 1 saturated heterocycles. The lowest BCUT2D eigenvalue weighted by Crippen LogP contribution is -2.41. The van der Waals surface area contributed by atoms with E-state index in [0.717, 1.165) is 36.2 Å². The fourth-order valence-electron chi connectivity index (χ4n) is 2.22. The molecule has 0 saturated carbocycles. The number of amides is 1. The summed E-state index contributed by atoms with van der Waals surface area (Å²) in [7, 11) is 0. The Labute approximate surface area is 128 Å². The van der Waals surface area contributed by atoms with Crippen LogP contribution in [0.5, 0.6) is 5.75 Å². The Morgan fingerprint density at radius 1 is 1.20 bits per heavy atom. The normalized spacial score (nSPS) is 15.2. The van der Waals surface area contributed by atoms with Crippen LogP contribution < -0.4 is 10.1 Å². The van der Waals surface area contributed by atoms with Crippen LogP contribution in [0.3, 0.4) is 0 Å². The summed E-state index contributed by atoms with van der Waals surface area (Å²) < 4.78 is 6.62. The summed E-state index contributed by atoms with van der Waals surface area (Å²) in [6.45, 7) is 3.47. The van der Waals surface area contributed by atoms with E-state index in [-0.39, 0.29) is 5.91 Å². The highest BCUT2D eigenvalue weighted by Crippen LogP contribution is 2.15. The number of nitrogens with one attached hydrogen (secondary N) is 1. The fourth-order valence-corrected chi connectivity index (χ4v) is 2.49. The molecule has 2 rings (SSSR count). The molecule has 5 heteroatoms. The Kier molecular flexibility index (Phi) is 6.33. The number of rotatable bonds is 6. The lowest BCUT2D eigenvalue weighted by molar-refractivity contribution is -0.131. The molecular weight excluding hydrogens is 320 g/mol. The van der Waals surface area contributed by atoms with Gasteiger partial charge < -0.3 is 15.0 Å². The first-order valence-electron chi connectivity index (χ1n) is 7.12. The first-order valence-corrected chi connectivity index (χ1v) is 7.92. The van der Waals surface area contributed by atoms with Crippen LogP contribution in [0.4, 0.5) is 0 Å². The second-order valence-electron chi connectivity index (χ2n) is 4.92. The SMILES string of the molecule is O=C(CNCCOc1ccc(Br)cc1)N1CCCCC1. The molecular formula is C15H21BrN2O2. The van der Waals surface area contributed by atoms with Gasteiger partial charge in [0.25, 0.3) is 0 Å². The molecule has 1 N–H and O–H groups in total. The van der Waals surface area contributed by atoms with E-state index in [1.54, 1.807) is 0 Å². The molecule has 1 heterocycles. The maximum absolute atomic E-state index is 11.9. The van der Waals surface area contributed by atoms with Crippen LogP contribution in [0.25, 0.3) is 0 Å². The van der Waals surface area contributed by atoms with Crippen molar-refractivity contribution >= 4 is 21.8 Å². The van der Waals surface area contributed by atoms with Gasteiger partial charge in [-0.2, -0.15) is 0 Å². The summed E-state index contributed by atoms with van der Waals surface area (Å²) in [6, 6.07) is 7.73. The predicted molar refractivity (Wildman–Crippen MR) is 82.9 cm³/mol. The quantitative estimate of drug-likeness (QED) is 0.808. The number of halogens is 1. The highest BCUT2D eigenvalue weighted by molar-refractivity contribution is 9.10. The van der Waals surface area contributed by atoms with Crippen LogP contribution in [0.2, 0.25) is 0 Å². The van der Waals surface area contributed by atoms with Crippen molar-refractivity contribution in [3.63, 3.8) is 0 Å². The monoisotopic (exact) mass is 340 g/mol. The first-order chi connectivity index (χ1) is 9.75. The number of hydrogen-bond acceptors (Lipinski definition) is 3. The molecule has 0 aliphatic carbocycles. The van der Waals surface area contributed by atoms with Gasteiger partial charge in [-0.3, -0.25) is 4.79 Å². The average Bonchev–Trinajstić information content (AvgIpc) is 2.49. The topological polar surface area (TPSA) is 41.6 Å². The summed E-state index contributed by atoms with van der Waals surface area (Å²) in [6.07, 6.45) is 3.52. The van der Waals surface area contributed by atoms with Crippen molar-refractivity contribution < 1.29 is 9.53 Å². The lowest BCUT2D eigenvalue weighted by atomic mass is 10.1. The Morgan fingerprint density at radius 3 is 2.60 bits per heavy atom. The van der Waals surface area contributed by atoms with E-state index >= 15 is 0 Å². The minimum absolute atomic E-state index is 0.202. The van der Waals surface area contributed by atoms with E-state index in [9.17, 15) is 4.79 Å². The standard InChI is InChI=1S/C15H21BrN2O2/c16-13-4-6-14(7-5-13)20-11-8-17-12-15(19)18-9-2-1-3-10-18/h4-7,17H,1-3,8-12H2. The van der Waals surface area contributed by atoms with Crippen molar-refractivity contribution in [1.82, 2.24) is 10.2 Å². The third-order valence-corrected chi connectivity index (χ3v) is 3.87. The van der Waals surface area contributed by atoms with Gasteiger partial charge in [0.15, 0.2) is 0 Å². The molecule has 1 aromatic rings. The minimum atomic E-state index is 0.202. The van der Waals surface area contributed by atoms with E-state index in [4.69, 9.17) is 4.74 Å². The molecule has 0 spiro atoms. The van der Waals surface area contributed by atoms with Crippen molar-refractivity contribution in [2.75, 3.05) is 32.8 Å². The maximum atomic E-state index is 11.9. The van der Waals surface area contributed by atoms with Gasteiger partial charge in [-0.1, -0.05) is 15.9 Å². The molecule has 4 nitrogen and oxygen atoms in total. The Hall–Kier alpha value is -1.07. The van der Waals surface area contributed by atoms with Gasteiger partial charge in [0.1, 0.15) is 12.4 Å². The fraction of sp³-hybridized carbons (Fsp3) is 0.533. The van der Waals surface area contributed by atoms with E-state index in [0.29, 0.717) is 19.7 Å². The molecule has 110 valence electrons. The molecule has 1 fully saturated rings. The van der Waals surface area contributed by atoms with E-state index < -0.39 is 0 Å². The zero-order valence-electron chi connectivity index (χ0n) is 11.6. The van der Waals surface area contributed by atoms with Gasteiger partial charge in [-0.05, 0) is 43.5 Å². The molecule has 0 bridgehead atoms.